The standard InChI is InChI=1S/C12H18N2O4S2/c1-19(15,16)8-9-20(17,18)14-7-6-13-10-11-4-2-3-5-12(11)14/h2-5,13H,6-10H2,1H3. The lowest BCUT2D eigenvalue weighted by Crippen LogP contribution is -2.37. The van der Waals surface area contributed by atoms with Gasteiger partial charge in [-0.05, 0) is 11.6 Å². The van der Waals surface area contributed by atoms with Crippen molar-refractivity contribution in [3.63, 3.8) is 0 Å². The third-order valence-corrected chi connectivity index (χ3v) is 6.09. The largest absolute Gasteiger partial charge is 0.311 e. The normalized spacial score (nSPS) is 16.6. The molecule has 0 amide bonds. The van der Waals surface area contributed by atoms with E-state index in [9.17, 15) is 16.8 Å². The number of rotatable bonds is 4. The Labute approximate surface area is 119 Å². The molecule has 0 bridgehead atoms. The highest BCUT2D eigenvalue weighted by molar-refractivity contribution is 7.95. The van der Waals surface area contributed by atoms with Gasteiger partial charge < -0.3 is 5.32 Å². The molecule has 1 heterocycles. The molecule has 0 fully saturated rings. The summed E-state index contributed by atoms with van der Waals surface area (Å²) in [5.41, 5.74) is 1.53. The SMILES string of the molecule is CS(=O)(=O)CCS(=O)(=O)N1CCNCc2ccccc21. The molecule has 0 aromatic heterocycles. The first kappa shape index (κ1) is 15.3. The number of nitrogens with one attached hydrogen (secondary N) is 1. The van der Waals surface area contributed by atoms with Crippen LogP contribution in [0.2, 0.25) is 0 Å². The molecule has 0 unspecified atom stereocenters. The monoisotopic (exact) mass is 318 g/mol. The van der Waals surface area contributed by atoms with E-state index in [2.05, 4.69) is 5.32 Å². The molecule has 0 saturated carbocycles. The zero-order valence-corrected chi connectivity index (χ0v) is 12.9. The smallest absolute Gasteiger partial charge is 0.236 e. The fourth-order valence-corrected chi connectivity index (χ4v) is 5.20. The van der Waals surface area contributed by atoms with Gasteiger partial charge in [0, 0.05) is 25.9 Å². The van der Waals surface area contributed by atoms with Crippen LogP contribution in [0.5, 0.6) is 0 Å². The Morgan fingerprint density at radius 1 is 1.15 bits per heavy atom. The van der Waals surface area contributed by atoms with Gasteiger partial charge in [-0.1, -0.05) is 18.2 Å². The highest BCUT2D eigenvalue weighted by Crippen LogP contribution is 2.24. The Hall–Kier alpha value is -1.12. The van der Waals surface area contributed by atoms with Crippen LogP contribution in [0, 0.1) is 0 Å². The molecular weight excluding hydrogens is 300 g/mol. The van der Waals surface area contributed by atoms with Crippen LogP contribution >= 0.6 is 0 Å². The fraction of sp³-hybridized carbons (Fsp3) is 0.500. The molecule has 2 rings (SSSR count). The molecule has 6 nitrogen and oxygen atoms in total. The van der Waals surface area contributed by atoms with Crippen LogP contribution in [-0.4, -0.2) is 47.7 Å². The Bertz CT molecular complexity index is 683. The van der Waals surface area contributed by atoms with Crippen LogP contribution in [0.4, 0.5) is 5.69 Å². The summed E-state index contributed by atoms with van der Waals surface area (Å²) in [4.78, 5) is 0. The number of para-hydroxylation sites is 1. The van der Waals surface area contributed by atoms with E-state index in [1.165, 1.54) is 4.31 Å². The van der Waals surface area contributed by atoms with Crippen molar-refractivity contribution in [3.05, 3.63) is 29.8 Å². The van der Waals surface area contributed by atoms with Crippen molar-refractivity contribution in [2.24, 2.45) is 0 Å². The topological polar surface area (TPSA) is 83.5 Å². The van der Waals surface area contributed by atoms with E-state index in [1.807, 2.05) is 12.1 Å². The minimum Gasteiger partial charge on any atom is -0.311 e. The first-order valence-electron chi connectivity index (χ1n) is 6.26. The molecule has 1 aromatic carbocycles. The summed E-state index contributed by atoms with van der Waals surface area (Å²) in [5.74, 6) is -0.748. The molecule has 20 heavy (non-hydrogen) atoms. The number of benzene rings is 1. The van der Waals surface area contributed by atoms with Crippen molar-refractivity contribution in [2.45, 2.75) is 6.54 Å². The summed E-state index contributed by atoms with van der Waals surface area (Å²) >= 11 is 0. The zero-order valence-electron chi connectivity index (χ0n) is 11.2. The maximum Gasteiger partial charge on any atom is 0.236 e. The van der Waals surface area contributed by atoms with Crippen LogP contribution in [0.15, 0.2) is 24.3 Å². The third-order valence-electron chi connectivity index (χ3n) is 3.12. The first-order chi connectivity index (χ1) is 9.30. The highest BCUT2D eigenvalue weighted by Gasteiger charge is 2.26. The van der Waals surface area contributed by atoms with Gasteiger partial charge in [0.25, 0.3) is 0 Å². The van der Waals surface area contributed by atoms with Crippen LogP contribution in [0.25, 0.3) is 0 Å². The minimum atomic E-state index is -3.64. The molecule has 112 valence electrons. The lowest BCUT2D eigenvalue weighted by Gasteiger charge is -2.24. The van der Waals surface area contributed by atoms with Gasteiger partial charge in [-0.2, -0.15) is 0 Å². The van der Waals surface area contributed by atoms with E-state index in [1.54, 1.807) is 12.1 Å². The molecule has 0 atom stereocenters. The van der Waals surface area contributed by atoms with Crippen molar-refractivity contribution in [1.82, 2.24) is 5.32 Å². The average Bonchev–Trinajstić information content (AvgIpc) is 2.58. The minimum absolute atomic E-state index is 0.309. The summed E-state index contributed by atoms with van der Waals surface area (Å²) in [6.07, 6.45) is 1.04. The maximum atomic E-state index is 12.4. The van der Waals surface area contributed by atoms with Crippen molar-refractivity contribution >= 4 is 25.5 Å². The van der Waals surface area contributed by atoms with E-state index in [4.69, 9.17) is 0 Å². The van der Waals surface area contributed by atoms with Crippen molar-refractivity contribution in [1.29, 1.82) is 0 Å². The van der Waals surface area contributed by atoms with Gasteiger partial charge in [-0.3, -0.25) is 4.31 Å². The Balaban J connectivity index is 2.31. The van der Waals surface area contributed by atoms with Crippen molar-refractivity contribution in [3.8, 4) is 0 Å². The molecular formula is C12H18N2O4S2. The Morgan fingerprint density at radius 2 is 1.85 bits per heavy atom. The summed E-state index contributed by atoms with van der Waals surface area (Å²) < 4.78 is 48.4. The number of sulfone groups is 1. The van der Waals surface area contributed by atoms with Crippen LogP contribution in [-0.2, 0) is 26.4 Å². The second kappa shape index (κ2) is 5.71. The van der Waals surface area contributed by atoms with E-state index in [0.717, 1.165) is 11.8 Å². The zero-order chi connectivity index (χ0) is 14.8. The molecule has 0 aliphatic carbocycles. The third kappa shape index (κ3) is 3.71. The second-order valence-corrected chi connectivity index (χ2v) is 9.10. The predicted molar refractivity (Wildman–Crippen MR) is 79.0 cm³/mol. The maximum absolute atomic E-state index is 12.4. The van der Waals surface area contributed by atoms with Crippen LogP contribution < -0.4 is 9.62 Å². The Morgan fingerprint density at radius 3 is 2.55 bits per heavy atom. The quantitative estimate of drug-likeness (QED) is 0.843. The fourth-order valence-electron chi connectivity index (χ4n) is 2.08. The van der Waals surface area contributed by atoms with Gasteiger partial charge in [0.05, 0.1) is 17.2 Å². The second-order valence-electron chi connectivity index (χ2n) is 4.82. The van der Waals surface area contributed by atoms with Gasteiger partial charge in [0.15, 0.2) is 0 Å². The molecule has 0 radical (unpaired) electrons. The number of sulfonamides is 1. The van der Waals surface area contributed by atoms with E-state index < -0.39 is 19.9 Å². The van der Waals surface area contributed by atoms with Gasteiger partial charge in [-0.25, -0.2) is 16.8 Å². The van der Waals surface area contributed by atoms with Crippen molar-refractivity contribution < 1.29 is 16.8 Å². The lowest BCUT2D eigenvalue weighted by molar-refractivity contribution is 0.585. The first-order valence-corrected chi connectivity index (χ1v) is 9.93. The summed E-state index contributed by atoms with van der Waals surface area (Å²) in [6.45, 7) is 1.45. The summed E-state index contributed by atoms with van der Waals surface area (Å²) in [5, 5.41) is 3.15. The van der Waals surface area contributed by atoms with Gasteiger partial charge in [-0.15, -0.1) is 0 Å². The summed E-state index contributed by atoms with van der Waals surface area (Å²) in [6, 6.07) is 7.25. The lowest BCUT2D eigenvalue weighted by atomic mass is 10.2. The Kier molecular flexibility index (Phi) is 4.36. The number of hydrogen-bond acceptors (Lipinski definition) is 5. The number of hydrogen-bond donors (Lipinski definition) is 1. The van der Waals surface area contributed by atoms with E-state index in [0.29, 0.717) is 25.3 Å². The van der Waals surface area contributed by atoms with Crippen LogP contribution in [0.1, 0.15) is 5.56 Å². The number of nitrogens with zero attached hydrogens (tertiary/aromatic N) is 1. The van der Waals surface area contributed by atoms with Crippen LogP contribution in [0.3, 0.4) is 0 Å². The molecule has 1 aliphatic rings. The highest BCUT2D eigenvalue weighted by atomic mass is 32.2. The van der Waals surface area contributed by atoms with Crippen molar-refractivity contribution in [2.75, 3.05) is 35.2 Å². The molecule has 1 aliphatic heterocycles. The van der Waals surface area contributed by atoms with Gasteiger partial charge >= 0.3 is 0 Å². The summed E-state index contributed by atoms with van der Waals surface area (Å²) in [7, 11) is -6.94. The molecule has 1 aromatic rings. The van der Waals surface area contributed by atoms with E-state index in [-0.39, 0.29) is 11.5 Å². The van der Waals surface area contributed by atoms with Gasteiger partial charge in [0.1, 0.15) is 9.84 Å². The molecule has 0 saturated heterocycles. The number of anilines is 1. The molecule has 8 heteroatoms. The average molecular weight is 318 g/mol. The molecule has 0 spiro atoms. The van der Waals surface area contributed by atoms with Gasteiger partial charge in [0.2, 0.25) is 10.0 Å². The number of fused-ring (bicyclic) bond motifs is 1. The van der Waals surface area contributed by atoms with E-state index >= 15 is 0 Å². The molecule has 1 N–H and O–H groups in total. The predicted octanol–water partition coefficient (Wildman–Crippen LogP) is -0.0294.